The molecule has 2 amide bonds. The average molecular weight is 345 g/mol. The zero-order valence-electron chi connectivity index (χ0n) is 13.2. The van der Waals surface area contributed by atoms with Crippen LogP contribution >= 0.6 is 11.3 Å². The molecular formula is C16H19N5O2S. The standard InChI is InChI=1S/C16H19N5O2S/c22-15(13-2-1-9-24-13)20-5-7-21(8-6-20)16(23)14-11-10-17-4-3-12(11)18-19-14/h1-2,9,17H,3-8,10H2,(H,18,19). The summed E-state index contributed by atoms with van der Waals surface area (Å²) in [5.41, 5.74) is 2.57. The Morgan fingerprint density at radius 2 is 1.88 bits per heavy atom. The zero-order chi connectivity index (χ0) is 16.5. The number of aromatic amines is 1. The minimum absolute atomic E-state index is 0.0422. The van der Waals surface area contributed by atoms with Crippen molar-refractivity contribution in [3.05, 3.63) is 39.3 Å². The lowest BCUT2D eigenvalue weighted by Gasteiger charge is -2.34. The van der Waals surface area contributed by atoms with E-state index >= 15 is 0 Å². The highest BCUT2D eigenvalue weighted by molar-refractivity contribution is 7.12. The van der Waals surface area contributed by atoms with Gasteiger partial charge in [0, 0.05) is 56.9 Å². The Hall–Kier alpha value is -2.19. The normalized spacial score (nSPS) is 17.7. The number of hydrogen-bond acceptors (Lipinski definition) is 5. The number of rotatable bonds is 2. The fourth-order valence-electron chi connectivity index (χ4n) is 3.22. The molecule has 0 aliphatic carbocycles. The number of fused-ring (bicyclic) bond motifs is 1. The zero-order valence-corrected chi connectivity index (χ0v) is 14.1. The molecule has 2 aliphatic heterocycles. The summed E-state index contributed by atoms with van der Waals surface area (Å²) in [6, 6.07) is 3.72. The van der Waals surface area contributed by atoms with Gasteiger partial charge >= 0.3 is 0 Å². The molecule has 7 nitrogen and oxygen atoms in total. The average Bonchev–Trinajstić information content (AvgIpc) is 3.30. The monoisotopic (exact) mass is 345 g/mol. The lowest BCUT2D eigenvalue weighted by atomic mass is 10.1. The Morgan fingerprint density at radius 1 is 1.12 bits per heavy atom. The van der Waals surface area contributed by atoms with Gasteiger partial charge in [0.25, 0.3) is 11.8 Å². The molecule has 0 radical (unpaired) electrons. The van der Waals surface area contributed by atoms with Gasteiger partial charge in [-0.1, -0.05) is 6.07 Å². The van der Waals surface area contributed by atoms with E-state index in [1.807, 2.05) is 22.4 Å². The SMILES string of the molecule is O=C(c1cccs1)N1CCN(C(=O)c2n[nH]c3c2CNCC3)CC1. The maximum atomic E-state index is 12.8. The number of carbonyl (C=O) groups excluding carboxylic acids is 2. The first kappa shape index (κ1) is 15.3. The second kappa shape index (κ2) is 6.37. The number of H-pyrrole nitrogens is 1. The van der Waals surface area contributed by atoms with Crippen LogP contribution in [0.5, 0.6) is 0 Å². The van der Waals surface area contributed by atoms with Crippen molar-refractivity contribution >= 4 is 23.2 Å². The fourth-order valence-corrected chi connectivity index (χ4v) is 3.91. The van der Waals surface area contributed by atoms with Crippen LogP contribution < -0.4 is 5.32 Å². The Labute approximate surface area is 143 Å². The predicted octanol–water partition coefficient (Wildman–Crippen LogP) is 0.715. The van der Waals surface area contributed by atoms with E-state index in [0.717, 1.165) is 29.1 Å². The van der Waals surface area contributed by atoms with Crippen LogP contribution in [-0.2, 0) is 13.0 Å². The van der Waals surface area contributed by atoms with Crippen molar-refractivity contribution in [1.29, 1.82) is 0 Å². The second-order valence-corrected chi connectivity index (χ2v) is 6.97. The number of hydrogen-bond donors (Lipinski definition) is 2. The van der Waals surface area contributed by atoms with Gasteiger partial charge in [-0.15, -0.1) is 11.3 Å². The maximum absolute atomic E-state index is 12.8. The Kier molecular flexibility index (Phi) is 4.07. The number of amides is 2. The minimum Gasteiger partial charge on any atom is -0.334 e. The molecule has 4 rings (SSSR count). The van der Waals surface area contributed by atoms with Crippen LogP contribution in [0.4, 0.5) is 0 Å². The molecule has 24 heavy (non-hydrogen) atoms. The number of aromatic nitrogens is 2. The highest BCUT2D eigenvalue weighted by atomic mass is 32.1. The van der Waals surface area contributed by atoms with Crippen LogP contribution in [-0.4, -0.2) is 64.5 Å². The molecule has 1 saturated heterocycles. The molecule has 0 spiro atoms. The predicted molar refractivity (Wildman–Crippen MR) is 90.1 cm³/mol. The van der Waals surface area contributed by atoms with E-state index in [1.54, 1.807) is 4.90 Å². The molecule has 0 unspecified atom stereocenters. The van der Waals surface area contributed by atoms with Crippen molar-refractivity contribution in [2.75, 3.05) is 32.7 Å². The Bertz CT molecular complexity index is 747. The minimum atomic E-state index is -0.0422. The highest BCUT2D eigenvalue weighted by Gasteiger charge is 2.29. The molecule has 126 valence electrons. The van der Waals surface area contributed by atoms with Crippen molar-refractivity contribution in [2.45, 2.75) is 13.0 Å². The van der Waals surface area contributed by atoms with E-state index < -0.39 is 0 Å². The Morgan fingerprint density at radius 3 is 2.58 bits per heavy atom. The van der Waals surface area contributed by atoms with Crippen LogP contribution in [0.2, 0.25) is 0 Å². The summed E-state index contributed by atoms with van der Waals surface area (Å²) in [4.78, 5) is 29.5. The van der Waals surface area contributed by atoms with Gasteiger partial charge in [-0.25, -0.2) is 0 Å². The van der Waals surface area contributed by atoms with Crippen LogP contribution in [0.25, 0.3) is 0 Å². The van der Waals surface area contributed by atoms with Crippen molar-refractivity contribution in [2.24, 2.45) is 0 Å². The fraction of sp³-hybridized carbons (Fsp3) is 0.438. The highest BCUT2D eigenvalue weighted by Crippen LogP contribution is 2.19. The summed E-state index contributed by atoms with van der Waals surface area (Å²) >= 11 is 1.45. The van der Waals surface area contributed by atoms with Gasteiger partial charge in [0.1, 0.15) is 0 Å². The molecule has 2 N–H and O–H groups in total. The van der Waals surface area contributed by atoms with E-state index in [1.165, 1.54) is 11.3 Å². The van der Waals surface area contributed by atoms with Crippen molar-refractivity contribution < 1.29 is 9.59 Å². The van der Waals surface area contributed by atoms with Crippen LogP contribution in [0, 0.1) is 0 Å². The summed E-state index contributed by atoms with van der Waals surface area (Å²) in [5.74, 6) is 0.0119. The van der Waals surface area contributed by atoms with Gasteiger partial charge in [-0.05, 0) is 11.4 Å². The topological polar surface area (TPSA) is 81.3 Å². The molecule has 2 aromatic heterocycles. The summed E-state index contributed by atoms with van der Waals surface area (Å²) in [5, 5.41) is 12.4. The first-order chi connectivity index (χ1) is 11.7. The summed E-state index contributed by atoms with van der Waals surface area (Å²) < 4.78 is 0. The van der Waals surface area contributed by atoms with E-state index in [4.69, 9.17) is 0 Å². The number of thiophene rings is 1. The largest absolute Gasteiger partial charge is 0.334 e. The molecule has 2 aliphatic rings. The lowest BCUT2D eigenvalue weighted by molar-refractivity contribution is 0.0534. The maximum Gasteiger partial charge on any atom is 0.274 e. The van der Waals surface area contributed by atoms with Crippen molar-refractivity contribution in [3.8, 4) is 0 Å². The van der Waals surface area contributed by atoms with E-state index in [-0.39, 0.29) is 11.8 Å². The lowest BCUT2D eigenvalue weighted by Crippen LogP contribution is -2.50. The molecule has 8 heteroatoms. The van der Waals surface area contributed by atoms with Gasteiger partial charge in [-0.3, -0.25) is 14.7 Å². The molecule has 0 atom stereocenters. The molecule has 1 fully saturated rings. The Balaban J connectivity index is 1.41. The van der Waals surface area contributed by atoms with E-state index in [9.17, 15) is 9.59 Å². The quantitative estimate of drug-likeness (QED) is 0.840. The number of nitrogens with zero attached hydrogens (tertiary/aromatic N) is 3. The third-order valence-corrected chi connectivity index (χ3v) is 5.45. The molecule has 4 heterocycles. The van der Waals surface area contributed by atoms with Gasteiger partial charge in [0.05, 0.1) is 4.88 Å². The number of piperazine rings is 1. The van der Waals surface area contributed by atoms with Gasteiger partial charge in [-0.2, -0.15) is 5.10 Å². The third kappa shape index (κ3) is 2.71. The van der Waals surface area contributed by atoms with Crippen LogP contribution in [0.1, 0.15) is 31.4 Å². The van der Waals surface area contributed by atoms with Gasteiger partial charge in [0.2, 0.25) is 0 Å². The molecule has 0 aromatic carbocycles. The number of nitrogens with one attached hydrogen (secondary N) is 2. The number of carbonyl (C=O) groups is 2. The summed E-state index contributed by atoms with van der Waals surface area (Å²) in [6.45, 7) is 3.81. The van der Waals surface area contributed by atoms with Gasteiger partial charge in [0.15, 0.2) is 5.69 Å². The molecule has 0 saturated carbocycles. The second-order valence-electron chi connectivity index (χ2n) is 6.02. The summed E-state index contributed by atoms with van der Waals surface area (Å²) in [6.07, 6.45) is 0.874. The van der Waals surface area contributed by atoms with Crippen molar-refractivity contribution in [3.63, 3.8) is 0 Å². The molecule has 2 aromatic rings. The van der Waals surface area contributed by atoms with Crippen LogP contribution in [0.15, 0.2) is 17.5 Å². The summed E-state index contributed by atoms with van der Waals surface area (Å²) in [7, 11) is 0. The third-order valence-electron chi connectivity index (χ3n) is 4.59. The van der Waals surface area contributed by atoms with Crippen LogP contribution in [0.3, 0.4) is 0 Å². The molecule has 0 bridgehead atoms. The first-order valence-corrected chi connectivity index (χ1v) is 9.01. The van der Waals surface area contributed by atoms with E-state index in [0.29, 0.717) is 38.4 Å². The smallest absolute Gasteiger partial charge is 0.274 e. The van der Waals surface area contributed by atoms with Crippen molar-refractivity contribution in [1.82, 2.24) is 25.3 Å². The van der Waals surface area contributed by atoms with E-state index in [2.05, 4.69) is 15.5 Å². The molecular weight excluding hydrogens is 326 g/mol. The first-order valence-electron chi connectivity index (χ1n) is 8.13. The van der Waals surface area contributed by atoms with Gasteiger partial charge < -0.3 is 15.1 Å².